The Balaban J connectivity index is -0.000000171. The fraction of sp³-hybridized carbons (Fsp3) is 0.250. The molecule has 0 saturated heterocycles. The Kier molecular flexibility index (Phi) is 50.2. The second-order valence-corrected chi connectivity index (χ2v) is 6.12. The minimum Gasteiger partial charge on any atom is -0.388 e. The predicted molar refractivity (Wildman–Crippen MR) is 161 cm³/mol. The van der Waals surface area contributed by atoms with Gasteiger partial charge in [-0.05, 0) is 26.1 Å². The van der Waals surface area contributed by atoms with Crippen LogP contribution in [0.3, 0.4) is 0 Å². The Bertz CT molecular complexity index is 600. The molecule has 0 aliphatic heterocycles. The summed E-state index contributed by atoms with van der Waals surface area (Å²) >= 11 is 0. The van der Waals surface area contributed by atoms with Gasteiger partial charge in [0.05, 0.1) is 0 Å². The number of benzene rings is 4. The maximum absolute atomic E-state index is 4.50. The van der Waals surface area contributed by atoms with E-state index < -0.39 is 0 Å². The third-order valence-corrected chi connectivity index (χ3v) is 3.25. The molecule has 4 aromatic rings. The highest BCUT2D eigenvalue weighted by Gasteiger charge is 1.80. The zero-order chi connectivity index (χ0) is 28.0. The van der Waals surface area contributed by atoms with Gasteiger partial charge < -0.3 is 20.9 Å². The van der Waals surface area contributed by atoms with Crippen LogP contribution in [0.1, 0.15) is 12.5 Å². The normalized spacial score (nSPS) is 7.36. The molecular formula is C32H50N2O2. The van der Waals surface area contributed by atoms with E-state index in [0.29, 0.717) is 0 Å². The van der Waals surface area contributed by atoms with Crippen LogP contribution in [0.5, 0.6) is 0 Å². The standard InChI is InChI=1S/C8H10.3C6H6.2C2H6O.2CH5N/c1-2-8-6-4-3-5-7-8;3*1-2-4-6-5-3-1;2*1-3-2;2*1-2/h3-7H,2H2,1H3;3*1-6H;2*1-2H3;2*2H2,1H3. The van der Waals surface area contributed by atoms with Crippen molar-refractivity contribution in [2.24, 2.45) is 11.5 Å². The lowest BCUT2D eigenvalue weighted by molar-refractivity contribution is 0.277. The first kappa shape index (κ1) is 39.9. The third-order valence-electron chi connectivity index (χ3n) is 3.25. The van der Waals surface area contributed by atoms with Crippen LogP contribution in [-0.4, -0.2) is 42.5 Å². The monoisotopic (exact) mass is 494 g/mol. The Morgan fingerprint density at radius 2 is 0.528 bits per heavy atom. The second-order valence-electron chi connectivity index (χ2n) is 6.12. The Labute approximate surface area is 221 Å². The van der Waals surface area contributed by atoms with Crippen molar-refractivity contribution in [3.05, 3.63) is 145 Å². The van der Waals surface area contributed by atoms with Crippen LogP contribution in [-0.2, 0) is 15.9 Å². The van der Waals surface area contributed by atoms with E-state index in [1.807, 2.05) is 115 Å². The van der Waals surface area contributed by atoms with Crippen LogP contribution in [0.25, 0.3) is 0 Å². The molecule has 4 N–H and O–H groups in total. The van der Waals surface area contributed by atoms with Gasteiger partial charge in [0.1, 0.15) is 0 Å². The average Bonchev–Trinajstić information content (AvgIpc) is 3.00. The van der Waals surface area contributed by atoms with Crippen molar-refractivity contribution in [1.82, 2.24) is 0 Å². The van der Waals surface area contributed by atoms with Crippen molar-refractivity contribution in [2.45, 2.75) is 13.3 Å². The van der Waals surface area contributed by atoms with Gasteiger partial charge in [0.2, 0.25) is 0 Å². The van der Waals surface area contributed by atoms with Gasteiger partial charge in [0, 0.05) is 28.4 Å². The molecule has 200 valence electrons. The molecule has 0 atom stereocenters. The summed E-state index contributed by atoms with van der Waals surface area (Å²) in [6.45, 7) is 2.16. The number of nitrogens with two attached hydrogens (primary N) is 2. The number of hydrogen-bond acceptors (Lipinski definition) is 4. The minimum absolute atomic E-state index is 1.14. The van der Waals surface area contributed by atoms with Gasteiger partial charge in [-0.2, -0.15) is 0 Å². The lowest BCUT2D eigenvalue weighted by Crippen LogP contribution is -1.73. The van der Waals surface area contributed by atoms with E-state index in [0.717, 1.165) is 6.42 Å². The summed E-state index contributed by atoms with van der Waals surface area (Å²) in [7, 11) is 9.50. The summed E-state index contributed by atoms with van der Waals surface area (Å²) < 4.78 is 8.50. The maximum Gasteiger partial charge on any atom is 0.0351 e. The number of aryl methyl sites for hydroxylation is 1. The number of hydrogen-bond donors (Lipinski definition) is 2. The van der Waals surface area contributed by atoms with Crippen molar-refractivity contribution in [1.29, 1.82) is 0 Å². The molecule has 0 aromatic heterocycles. The zero-order valence-electron chi connectivity index (χ0n) is 23.5. The Morgan fingerprint density at radius 3 is 0.639 bits per heavy atom. The van der Waals surface area contributed by atoms with Gasteiger partial charge in [-0.15, -0.1) is 0 Å². The van der Waals surface area contributed by atoms with Gasteiger partial charge in [-0.1, -0.05) is 146 Å². The largest absolute Gasteiger partial charge is 0.388 e. The van der Waals surface area contributed by atoms with Crippen LogP contribution in [0, 0.1) is 0 Å². The number of rotatable bonds is 1. The van der Waals surface area contributed by atoms with Gasteiger partial charge >= 0.3 is 0 Å². The molecule has 0 amide bonds. The minimum atomic E-state index is 1.14. The van der Waals surface area contributed by atoms with E-state index in [1.165, 1.54) is 19.7 Å². The molecule has 0 bridgehead atoms. The van der Waals surface area contributed by atoms with Gasteiger partial charge in [-0.3, -0.25) is 0 Å². The second kappa shape index (κ2) is 45.3. The summed E-state index contributed by atoms with van der Waals surface area (Å²) in [5, 5.41) is 0. The molecule has 0 aliphatic carbocycles. The quantitative estimate of drug-likeness (QED) is 0.299. The maximum atomic E-state index is 4.50. The van der Waals surface area contributed by atoms with Crippen molar-refractivity contribution >= 4 is 0 Å². The smallest absolute Gasteiger partial charge is 0.0351 e. The highest BCUT2D eigenvalue weighted by atomic mass is 16.5. The predicted octanol–water partition coefficient (Wildman–Crippen LogP) is 6.98. The van der Waals surface area contributed by atoms with Crippen LogP contribution < -0.4 is 11.5 Å². The molecule has 0 radical (unpaired) electrons. The van der Waals surface area contributed by atoms with Crippen LogP contribution in [0.4, 0.5) is 0 Å². The van der Waals surface area contributed by atoms with E-state index in [4.69, 9.17) is 0 Å². The summed E-state index contributed by atoms with van der Waals surface area (Å²) in [5.41, 5.74) is 10.4. The van der Waals surface area contributed by atoms with Gasteiger partial charge in [-0.25, -0.2) is 0 Å². The van der Waals surface area contributed by atoms with Crippen LogP contribution in [0.15, 0.2) is 140 Å². The molecule has 0 unspecified atom stereocenters. The van der Waals surface area contributed by atoms with E-state index in [2.05, 4.69) is 52.1 Å². The fourth-order valence-electron chi connectivity index (χ4n) is 1.87. The molecule has 0 aliphatic rings. The topological polar surface area (TPSA) is 70.5 Å². The van der Waals surface area contributed by atoms with E-state index in [9.17, 15) is 0 Å². The Hall–Kier alpha value is -3.28. The molecule has 0 heterocycles. The van der Waals surface area contributed by atoms with Crippen LogP contribution >= 0.6 is 0 Å². The highest BCUT2D eigenvalue weighted by Crippen LogP contribution is 1.96. The molecule has 0 spiro atoms. The molecular weight excluding hydrogens is 444 g/mol. The molecule has 4 heteroatoms. The number of ether oxygens (including phenoxy) is 2. The molecule has 0 fully saturated rings. The van der Waals surface area contributed by atoms with E-state index in [-0.39, 0.29) is 0 Å². The van der Waals surface area contributed by atoms with Gasteiger partial charge in [0.25, 0.3) is 0 Å². The lowest BCUT2D eigenvalue weighted by atomic mass is 10.2. The molecule has 4 aromatic carbocycles. The van der Waals surface area contributed by atoms with Crippen molar-refractivity contribution in [3.63, 3.8) is 0 Å². The molecule has 4 nitrogen and oxygen atoms in total. The summed E-state index contributed by atoms with van der Waals surface area (Å²) in [6, 6.07) is 46.5. The van der Waals surface area contributed by atoms with Crippen LogP contribution in [0.2, 0.25) is 0 Å². The van der Waals surface area contributed by atoms with Crippen molar-refractivity contribution in [3.8, 4) is 0 Å². The van der Waals surface area contributed by atoms with E-state index in [1.54, 1.807) is 28.4 Å². The first-order valence-corrected chi connectivity index (χ1v) is 11.8. The first-order chi connectivity index (χ1) is 17.8. The number of methoxy groups -OCH3 is 2. The summed E-state index contributed by atoms with van der Waals surface area (Å²) in [4.78, 5) is 0. The third kappa shape index (κ3) is 44.4. The lowest BCUT2D eigenvalue weighted by Gasteiger charge is -1.89. The van der Waals surface area contributed by atoms with E-state index >= 15 is 0 Å². The average molecular weight is 495 g/mol. The summed E-state index contributed by atoms with van der Waals surface area (Å²) in [5.74, 6) is 0. The fourth-order valence-corrected chi connectivity index (χ4v) is 1.87. The molecule has 4 rings (SSSR count). The first-order valence-electron chi connectivity index (χ1n) is 11.8. The van der Waals surface area contributed by atoms with Gasteiger partial charge in [0.15, 0.2) is 0 Å². The highest BCUT2D eigenvalue weighted by molar-refractivity contribution is 5.13. The SMILES string of the molecule is CCc1ccccc1.CN.CN.COC.COC.c1ccccc1.c1ccccc1.c1ccccc1. The Morgan fingerprint density at radius 1 is 0.389 bits per heavy atom. The van der Waals surface area contributed by atoms with Crippen molar-refractivity contribution in [2.75, 3.05) is 42.5 Å². The molecule has 0 saturated carbocycles. The molecule has 36 heavy (non-hydrogen) atoms. The summed E-state index contributed by atoms with van der Waals surface area (Å²) in [6.07, 6.45) is 1.14. The zero-order valence-corrected chi connectivity index (χ0v) is 23.5. The van der Waals surface area contributed by atoms with Crippen molar-refractivity contribution < 1.29 is 9.47 Å².